The monoisotopic (exact) mass is 457 g/mol. The zero-order valence-corrected chi connectivity index (χ0v) is 18.1. The molecule has 24 heavy (non-hydrogen) atoms. The van der Waals surface area contributed by atoms with Crippen molar-refractivity contribution in [2.75, 3.05) is 40.0 Å². The summed E-state index contributed by atoms with van der Waals surface area (Å²) in [5, 5.41) is 6.55. The molecule has 0 saturated heterocycles. The fourth-order valence-corrected chi connectivity index (χ4v) is 1.90. The van der Waals surface area contributed by atoms with Gasteiger partial charge in [0.05, 0.1) is 7.11 Å². The Kier molecular flexibility index (Phi) is 20.1. The lowest BCUT2D eigenvalue weighted by Gasteiger charge is -2.11. The topological polar surface area (TPSA) is 72.0 Å². The van der Waals surface area contributed by atoms with Gasteiger partial charge in [-0.3, -0.25) is 9.79 Å². The Labute approximate surface area is 164 Å². The summed E-state index contributed by atoms with van der Waals surface area (Å²) in [6.07, 6.45) is 4.32. The van der Waals surface area contributed by atoms with Crippen molar-refractivity contribution in [1.29, 1.82) is 0 Å². The normalized spacial score (nSPS) is 11.1. The molecule has 0 aliphatic rings. The molecule has 0 aliphatic heterocycles. The Bertz CT molecular complexity index is 326. The van der Waals surface area contributed by atoms with Crippen molar-refractivity contribution in [1.82, 2.24) is 10.6 Å². The minimum absolute atomic E-state index is 0. The maximum atomic E-state index is 11.0. The van der Waals surface area contributed by atoms with E-state index in [1.54, 1.807) is 0 Å². The molecule has 0 spiro atoms. The van der Waals surface area contributed by atoms with Crippen molar-refractivity contribution in [3.05, 3.63) is 0 Å². The van der Waals surface area contributed by atoms with Crippen LogP contribution >= 0.6 is 24.0 Å². The molecular weight excluding hydrogens is 421 g/mol. The summed E-state index contributed by atoms with van der Waals surface area (Å²) in [4.78, 5) is 15.5. The van der Waals surface area contributed by atoms with Crippen LogP contribution < -0.4 is 10.6 Å². The average molecular weight is 457 g/mol. The highest BCUT2D eigenvalue weighted by Crippen LogP contribution is 2.00. The third-order valence-corrected chi connectivity index (χ3v) is 3.09. The molecule has 0 aliphatic carbocycles. The molecule has 0 rings (SSSR count). The molecule has 0 radical (unpaired) electrons. The van der Waals surface area contributed by atoms with Crippen LogP contribution in [0.3, 0.4) is 0 Å². The molecule has 0 aromatic heterocycles. The van der Waals surface area contributed by atoms with Gasteiger partial charge in [-0.15, -0.1) is 24.0 Å². The van der Waals surface area contributed by atoms with E-state index in [-0.39, 0.29) is 29.9 Å². The molecule has 0 amide bonds. The number of halogens is 1. The number of hydrogen-bond acceptors (Lipinski definition) is 4. The third kappa shape index (κ3) is 17.8. The average Bonchev–Trinajstić information content (AvgIpc) is 2.53. The van der Waals surface area contributed by atoms with Crippen LogP contribution in [0.1, 0.15) is 52.9 Å². The van der Waals surface area contributed by atoms with E-state index in [2.05, 4.69) is 41.1 Å². The van der Waals surface area contributed by atoms with Crippen molar-refractivity contribution >= 4 is 35.9 Å². The fourth-order valence-electron chi connectivity index (χ4n) is 1.90. The zero-order chi connectivity index (χ0) is 17.3. The largest absolute Gasteiger partial charge is 0.469 e. The predicted molar refractivity (Wildman–Crippen MR) is 110 cm³/mol. The van der Waals surface area contributed by atoms with Crippen LogP contribution in [0.5, 0.6) is 0 Å². The molecule has 0 saturated carbocycles. The Morgan fingerprint density at radius 3 is 2.50 bits per heavy atom. The summed E-state index contributed by atoms with van der Waals surface area (Å²) >= 11 is 0. The Morgan fingerprint density at radius 2 is 1.88 bits per heavy atom. The molecule has 0 heterocycles. The number of carbonyl (C=O) groups is 1. The maximum absolute atomic E-state index is 11.0. The van der Waals surface area contributed by atoms with E-state index in [0.717, 1.165) is 64.5 Å². The number of esters is 1. The van der Waals surface area contributed by atoms with Gasteiger partial charge in [0, 0.05) is 39.3 Å². The number of carbonyl (C=O) groups excluding carboxylic acids is 1. The molecule has 6 nitrogen and oxygen atoms in total. The minimum atomic E-state index is -0.132. The molecule has 144 valence electrons. The number of ether oxygens (including phenoxy) is 2. The predicted octanol–water partition coefficient (Wildman–Crippen LogP) is 2.96. The summed E-state index contributed by atoms with van der Waals surface area (Å²) in [7, 11) is 1.43. The minimum Gasteiger partial charge on any atom is -0.469 e. The Balaban J connectivity index is 0. The van der Waals surface area contributed by atoms with Crippen LogP contribution in [-0.2, 0) is 14.3 Å². The third-order valence-electron chi connectivity index (χ3n) is 3.09. The van der Waals surface area contributed by atoms with Gasteiger partial charge in [-0.25, -0.2) is 0 Å². The van der Waals surface area contributed by atoms with Crippen molar-refractivity contribution in [3.63, 3.8) is 0 Å². The summed E-state index contributed by atoms with van der Waals surface area (Å²) < 4.78 is 10.2. The van der Waals surface area contributed by atoms with Gasteiger partial charge in [0.1, 0.15) is 0 Å². The number of guanidine groups is 1. The molecule has 0 aromatic carbocycles. The molecule has 2 N–H and O–H groups in total. The first kappa shape index (κ1) is 25.7. The van der Waals surface area contributed by atoms with Crippen LogP contribution in [0.2, 0.25) is 0 Å². The molecule has 0 aromatic rings. The van der Waals surface area contributed by atoms with Gasteiger partial charge >= 0.3 is 5.97 Å². The van der Waals surface area contributed by atoms with Crippen LogP contribution in [0.4, 0.5) is 0 Å². The highest BCUT2D eigenvalue weighted by Gasteiger charge is 2.00. The van der Waals surface area contributed by atoms with Crippen molar-refractivity contribution in [3.8, 4) is 0 Å². The smallest absolute Gasteiger partial charge is 0.305 e. The van der Waals surface area contributed by atoms with E-state index in [4.69, 9.17) is 4.74 Å². The molecule has 0 atom stereocenters. The number of unbranched alkanes of at least 4 members (excludes halogenated alkanes) is 2. The number of methoxy groups -OCH3 is 1. The zero-order valence-electron chi connectivity index (χ0n) is 15.7. The molecule has 0 bridgehead atoms. The SMILES string of the molecule is CCNC(=NCCCOCC(C)C)NCCCCCC(=O)OC.I. The summed E-state index contributed by atoms with van der Waals surface area (Å²) in [6.45, 7) is 10.4. The van der Waals surface area contributed by atoms with E-state index >= 15 is 0 Å². The van der Waals surface area contributed by atoms with Crippen molar-refractivity contribution in [2.24, 2.45) is 10.9 Å². The van der Waals surface area contributed by atoms with E-state index < -0.39 is 0 Å². The molecule has 7 heteroatoms. The quantitative estimate of drug-likeness (QED) is 0.146. The first-order valence-corrected chi connectivity index (χ1v) is 8.76. The van der Waals surface area contributed by atoms with Gasteiger partial charge < -0.3 is 20.1 Å². The fraction of sp³-hybridized carbons (Fsp3) is 0.882. The lowest BCUT2D eigenvalue weighted by atomic mass is 10.2. The van der Waals surface area contributed by atoms with Crippen LogP contribution in [0.25, 0.3) is 0 Å². The summed E-state index contributed by atoms with van der Waals surface area (Å²) in [6, 6.07) is 0. The van der Waals surface area contributed by atoms with E-state index in [0.29, 0.717) is 12.3 Å². The highest BCUT2D eigenvalue weighted by atomic mass is 127. The van der Waals surface area contributed by atoms with Gasteiger partial charge in [0.2, 0.25) is 0 Å². The van der Waals surface area contributed by atoms with E-state index in [1.807, 2.05) is 0 Å². The highest BCUT2D eigenvalue weighted by molar-refractivity contribution is 14.0. The van der Waals surface area contributed by atoms with E-state index in [9.17, 15) is 4.79 Å². The maximum Gasteiger partial charge on any atom is 0.305 e. The number of nitrogens with one attached hydrogen (secondary N) is 2. The van der Waals surface area contributed by atoms with Crippen molar-refractivity contribution < 1.29 is 14.3 Å². The van der Waals surface area contributed by atoms with Crippen LogP contribution in [0, 0.1) is 5.92 Å². The van der Waals surface area contributed by atoms with Crippen LogP contribution in [0.15, 0.2) is 4.99 Å². The summed E-state index contributed by atoms with van der Waals surface area (Å²) in [5.74, 6) is 1.30. The Morgan fingerprint density at radius 1 is 1.12 bits per heavy atom. The second-order valence-corrected chi connectivity index (χ2v) is 5.90. The first-order chi connectivity index (χ1) is 11.1. The van der Waals surface area contributed by atoms with Crippen molar-refractivity contribution in [2.45, 2.75) is 52.9 Å². The van der Waals surface area contributed by atoms with E-state index in [1.165, 1.54) is 7.11 Å². The first-order valence-electron chi connectivity index (χ1n) is 8.76. The van der Waals surface area contributed by atoms with Gasteiger partial charge in [-0.05, 0) is 32.1 Å². The van der Waals surface area contributed by atoms with Gasteiger partial charge in [0.15, 0.2) is 5.96 Å². The standard InChI is InChI=1S/C17H35N3O3.HI/c1-5-18-17(20-12-9-13-23-14-15(2)3)19-11-8-6-7-10-16(21)22-4;/h15H,5-14H2,1-4H3,(H2,18,19,20);1H. The Hall–Kier alpha value is -0.570. The lowest BCUT2D eigenvalue weighted by Crippen LogP contribution is -2.37. The van der Waals surface area contributed by atoms with Gasteiger partial charge in [-0.2, -0.15) is 0 Å². The number of rotatable bonds is 13. The number of hydrogen-bond donors (Lipinski definition) is 2. The summed E-state index contributed by atoms with van der Waals surface area (Å²) in [5.41, 5.74) is 0. The molecule has 0 unspecified atom stereocenters. The second-order valence-electron chi connectivity index (χ2n) is 5.90. The van der Waals surface area contributed by atoms with Crippen LogP contribution in [-0.4, -0.2) is 51.9 Å². The molecular formula is C17H36IN3O3. The van der Waals surface area contributed by atoms with Gasteiger partial charge in [-0.1, -0.05) is 20.3 Å². The number of aliphatic imine (C=N–C) groups is 1. The lowest BCUT2D eigenvalue weighted by molar-refractivity contribution is -0.140. The van der Waals surface area contributed by atoms with Gasteiger partial charge in [0.25, 0.3) is 0 Å². The molecule has 0 fully saturated rings. The second kappa shape index (κ2) is 18.8. The number of nitrogens with zero attached hydrogens (tertiary/aromatic N) is 1.